The first-order valence-electron chi connectivity index (χ1n) is 8.74. The number of methoxy groups -OCH3 is 1. The Labute approximate surface area is 158 Å². The summed E-state index contributed by atoms with van der Waals surface area (Å²) in [6.07, 6.45) is 6.06. The summed E-state index contributed by atoms with van der Waals surface area (Å²) in [5, 5.41) is 0. The normalized spacial score (nSPS) is 13.6. The van der Waals surface area contributed by atoms with Crippen LogP contribution in [0.3, 0.4) is 0 Å². The number of ether oxygens (including phenoxy) is 1. The van der Waals surface area contributed by atoms with Gasteiger partial charge in [0.15, 0.2) is 11.6 Å². The van der Waals surface area contributed by atoms with Crippen molar-refractivity contribution in [3.8, 4) is 5.75 Å². The lowest BCUT2D eigenvalue weighted by molar-refractivity contribution is 0.415. The van der Waals surface area contributed by atoms with E-state index in [0.29, 0.717) is 11.6 Å². The molecular weight excluding hydrogens is 336 g/mol. The molecule has 0 saturated carbocycles. The second kappa shape index (κ2) is 7.03. The Bertz CT molecular complexity index is 1050. The Balaban J connectivity index is 1.84. The second-order valence-electron chi connectivity index (χ2n) is 6.42. The van der Waals surface area contributed by atoms with E-state index >= 15 is 0 Å². The number of allylic oxidation sites excluding steroid dienone is 1. The zero-order chi connectivity index (χ0) is 18.8. The van der Waals surface area contributed by atoms with E-state index in [9.17, 15) is 0 Å². The summed E-state index contributed by atoms with van der Waals surface area (Å²) in [5.41, 5.74) is 13.3. The van der Waals surface area contributed by atoms with Crippen molar-refractivity contribution < 1.29 is 4.74 Å². The molecule has 1 aromatic carbocycles. The molecule has 0 atom stereocenters. The molecular formula is C22H20N4O. The number of aryl methyl sites for hydroxylation is 1. The van der Waals surface area contributed by atoms with Crippen LogP contribution >= 0.6 is 0 Å². The van der Waals surface area contributed by atoms with Crippen LogP contribution in [0.25, 0.3) is 11.3 Å². The highest BCUT2D eigenvalue weighted by Gasteiger charge is 2.23. The minimum absolute atomic E-state index is 0.380. The van der Waals surface area contributed by atoms with Crippen molar-refractivity contribution in [3.63, 3.8) is 0 Å². The fourth-order valence-corrected chi connectivity index (χ4v) is 3.32. The lowest BCUT2D eigenvalue weighted by Gasteiger charge is -2.10. The zero-order valence-electron chi connectivity index (χ0n) is 15.3. The maximum Gasteiger partial charge on any atom is 0.166 e. The molecule has 0 spiro atoms. The van der Waals surface area contributed by atoms with Gasteiger partial charge in [0.1, 0.15) is 0 Å². The van der Waals surface area contributed by atoms with E-state index in [2.05, 4.69) is 29.0 Å². The highest BCUT2D eigenvalue weighted by atomic mass is 16.5. The highest BCUT2D eigenvalue weighted by Crippen LogP contribution is 2.38. The molecule has 1 aliphatic rings. The minimum Gasteiger partial charge on any atom is -0.493 e. The highest BCUT2D eigenvalue weighted by molar-refractivity contribution is 6.17. The molecule has 1 aliphatic heterocycles. The summed E-state index contributed by atoms with van der Waals surface area (Å²) >= 11 is 0. The molecule has 5 heteroatoms. The second-order valence-corrected chi connectivity index (χ2v) is 6.42. The number of nitrogen functional groups attached to an aromatic ring is 1. The van der Waals surface area contributed by atoms with Gasteiger partial charge in [-0.1, -0.05) is 24.3 Å². The van der Waals surface area contributed by atoms with Crippen molar-refractivity contribution in [1.82, 2.24) is 9.97 Å². The number of nitrogens with zero attached hydrogens (tertiary/aromatic N) is 3. The number of aromatic nitrogens is 2. The average Bonchev–Trinajstić information content (AvgIpc) is 3.14. The molecule has 4 rings (SSSR count). The van der Waals surface area contributed by atoms with Gasteiger partial charge in [-0.25, -0.2) is 4.98 Å². The van der Waals surface area contributed by atoms with E-state index in [4.69, 9.17) is 15.5 Å². The predicted octanol–water partition coefficient (Wildman–Crippen LogP) is 4.14. The van der Waals surface area contributed by atoms with Gasteiger partial charge in [-0.15, -0.1) is 0 Å². The quantitative estimate of drug-likeness (QED) is 0.762. The molecule has 0 unspecified atom stereocenters. The van der Waals surface area contributed by atoms with Gasteiger partial charge in [-0.05, 0) is 41.8 Å². The first-order chi connectivity index (χ1) is 13.2. The van der Waals surface area contributed by atoms with Crippen molar-refractivity contribution in [1.29, 1.82) is 0 Å². The van der Waals surface area contributed by atoms with Crippen LogP contribution in [0.4, 0.5) is 5.82 Å². The molecule has 27 heavy (non-hydrogen) atoms. The lowest BCUT2D eigenvalue weighted by atomic mass is 9.95. The van der Waals surface area contributed by atoms with Crippen LogP contribution in [-0.2, 0) is 0 Å². The van der Waals surface area contributed by atoms with Gasteiger partial charge in [-0.3, -0.25) is 9.98 Å². The van der Waals surface area contributed by atoms with Crippen LogP contribution in [0.2, 0.25) is 0 Å². The minimum atomic E-state index is 0.380. The Hall–Kier alpha value is -3.47. The van der Waals surface area contributed by atoms with Crippen molar-refractivity contribution >= 4 is 22.8 Å². The SMILES string of the molecule is COc1cc(C2=C(c3ccncc3)N=C(c3ccccc3C)C2)cnc1N. The van der Waals surface area contributed by atoms with Crippen molar-refractivity contribution in [3.05, 3.63) is 83.3 Å². The Morgan fingerprint density at radius 3 is 2.56 bits per heavy atom. The molecule has 5 nitrogen and oxygen atoms in total. The van der Waals surface area contributed by atoms with Crippen LogP contribution in [0.5, 0.6) is 5.75 Å². The van der Waals surface area contributed by atoms with Crippen molar-refractivity contribution in [2.24, 2.45) is 4.99 Å². The number of rotatable bonds is 4. The van der Waals surface area contributed by atoms with Crippen LogP contribution < -0.4 is 10.5 Å². The van der Waals surface area contributed by atoms with Gasteiger partial charge in [0.25, 0.3) is 0 Å². The Kier molecular flexibility index (Phi) is 4.42. The first-order valence-corrected chi connectivity index (χ1v) is 8.74. The number of aliphatic imine (C=N–C) groups is 1. The van der Waals surface area contributed by atoms with E-state index in [1.165, 1.54) is 5.56 Å². The van der Waals surface area contributed by atoms with Gasteiger partial charge in [0.2, 0.25) is 0 Å². The number of anilines is 1. The third-order valence-corrected chi connectivity index (χ3v) is 4.74. The molecule has 0 saturated heterocycles. The molecule has 0 bridgehead atoms. The number of nitrogens with two attached hydrogens (primary N) is 1. The van der Waals surface area contributed by atoms with Crippen LogP contribution in [-0.4, -0.2) is 22.8 Å². The molecule has 2 N–H and O–H groups in total. The van der Waals surface area contributed by atoms with Gasteiger partial charge in [-0.2, -0.15) is 0 Å². The molecule has 3 heterocycles. The molecule has 134 valence electrons. The Morgan fingerprint density at radius 2 is 1.81 bits per heavy atom. The maximum atomic E-state index is 5.89. The summed E-state index contributed by atoms with van der Waals surface area (Å²) in [7, 11) is 1.60. The summed E-state index contributed by atoms with van der Waals surface area (Å²) in [6, 6.07) is 14.2. The topological polar surface area (TPSA) is 73.4 Å². The summed E-state index contributed by atoms with van der Waals surface area (Å²) in [6.45, 7) is 2.11. The fraction of sp³-hybridized carbons (Fsp3) is 0.136. The van der Waals surface area contributed by atoms with Gasteiger partial charge in [0.05, 0.1) is 18.5 Å². The molecule has 0 amide bonds. The van der Waals surface area contributed by atoms with Crippen molar-refractivity contribution in [2.45, 2.75) is 13.3 Å². The number of pyridine rings is 2. The van der Waals surface area contributed by atoms with Gasteiger partial charge < -0.3 is 10.5 Å². The zero-order valence-corrected chi connectivity index (χ0v) is 15.3. The van der Waals surface area contributed by atoms with E-state index in [-0.39, 0.29) is 0 Å². The predicted molar refractivity (Wildman–Crippen MR) is 109 cm³/mol. The standard InChI is InChI=1S/C22H20N4O/c1-14-5-3-4-6-17(14)19-12-18(16-11-20(27-2)22(23)25-13-16)21(26-19)15-7-9-24-10-8-15/h3-11,13H,12H2,1-2H3,(H2,23,25). The molecule has 3 aromatic rings. The summed E-state index contributed by atoms with van der Waals surface area (Å²) in [5.74, 6) is 0.948. The first kappa shape index (κ1) is 17.0. The Morgan fingerprint density at radius 1 is 1.04 bits per heavy atom. The fourth-order valence-electron chi connectivity index (χ4n) is 3.32. The van der Waals surface area contributed by atoms with E-state index in [1.54, 1.807) is 25.7 Å². The van der Waals surface area contributed by atoms with E-state index in [0.717, 1.165) is 40.1 Å². The van der Waals surface area contributed by atoms with Crippen LogP contribution in [0.1, 0.15) is 28.7 Å². The third-order valence-electron chi connectivity index (χ3n) is 4.74. The number of hydrogen-bond donors (Lipinski definition) is 1. The van der Waals surface area contributed by atoms with E-state index < -0.39 is 0 Å². The van der Waals surface area contributed by atoms with Crippen LogP contribution in [0, 0.1) is 6.92 Å². The summed E-state index contributed by atoms with van der Waals surface area (Å²) < 4.78 is 5.36. The lowest BCUT2D eigenvalue weighted by Crippen LogP contribution is -2.01. The molecule has 0 fully saturated rings. The third kappa shape index (κ3) is 3.19. The van der Waals surface area contributed by atoms with Crippen molar-refractivity contribution in [2.75, 3.05) is 12.8 Å². The largest absolute Gasteiger partial charge is 0.493 e. The maximum absolute atomic E-state index is 5.89. The smallest absolute Gasteiger partial charge is 0.166 e. The monoisotopic (exact) mass is 356 g/mol. The van der Waals surface area contributed by atoms with Gasteiger partial charge >= 0.3 is 0 Å². The van der Waals surface area contributed by atoms with Gasteiger partial charge in [0, 0.05) is 36.1 Å². The van der Waals surface area contributed by atoms with Crippen LogP contribution in [0.15, 0.2) is 66.0 Å². The molecule has 0 aliphatic carbocycles. The molecule has 0 radical (unpaired) electrons. The summed E-state index contributed by atoms with van der Waals surface area (Å²) in [4.78, 5) is 13.4. The average molecular weight is 356 g/mol. The molecule has 2 aromatic heterocycles. The number of hydrogen-bond acceptors (Lipinski definition) is 5. The number of benzene rings is 1. The van der Waals surface area contributed by atoms with E-state index in [1.807, 2.05) is 30.3 Å².